The van der Waals surface area contributed by atoms with E-state index < -0.39 is 5.54 Å². The summed E-state index contributed by atoms with van der Waals surface area (Å²) in [4.78, 5) is 4.38. The highest BCUT2D eigenvalue weighted by Gasteiger charge is 2.40. The summed E-state index contributed by atoms with van der Waals surface area (Å²) in [5.41, 5.74) is 6.28. The minimum Gasteiger partial charge on any atom is -0.305 e. The molecule has 0 atom stereocenters. The fourth-order valence-electron chi connectivity index (χ4n) is 5.65. The van der Waals surface area contributed by atoms with Gasteiger partial charge in [0, 0.05) is 41.5 Å². The van der Waals surface area contributed by atoms with Gasteiger partial charge in [0.15, 0.2) is 5.65 Å². The van der Waals surface area contributed by atoms with E-state index in [1.807, 2.05) is 82.1 Å². The minimum absolute atomic E-state index is 0.301. The molecule has 0 N–H and O–H groups in total. The molecule has 0 amide bonds. The Morgan fingerprint density at radius 1 is 0.659 bits per heavy atom. The van der Waals surface area contributed by atoms with Gasteiger partial charge in [-0.25, -0.2) is 9.37 Å². The average Bonchev–Trinajstić information content (AvgIpc) is 3.68. The van der Waals surface area contributed by atoms with Gasteiger partial charge in [0.1, 0.15) is 17.1 Å². The average molecular weight is 555 g/mol. The Bertz CT molecular complexity index is 1850. The fourth-order valence-corrected chi connectivity index (χ4v) is 5.91. The van der Waals surface area contributed by atoms with E-state index >= 15 is 0 Å². The third-order valence-electron chi connectivity index (χ3n) is 7.50. The number of imidazole rings is 1. The van der Waals surface area contributed by atoms with Gasteiger partial charge < -0.3 is 4.40 Å². The highest BCUT2D eigenvalue weighted by molar-refractivity contribution is 6.33. The molecule has 4 aromatic carbocycles. The molecule has 7 aromatic rings. The Labute approximate surface area is 241 Å². The highest BCUT2D eigenvalue weighted by atomic mass is 35.5. The van der Waals surface area contributed by atoms with E-state index in [4.69, 9.17) is 16.7 Å². The van der Waals surface area contributed by atoms with Crippen LogP contribution in [0.4, 0.5) is 4.39 Å². The molecule has 3 heterocycles. The van der Waals surface area contributed by atoms with Crippen LogP contribution in [-0.2, 0) is 5.54 Å². The second kappa shape index (κ2) is 10.2. The van der Waals surface area contributed by atoms with Gasteiger partial charge in [-0.1, -0.05) is 103 Å². The Morgan fingerprint density at radius 2 is 1.22 bits per heavy atom. The maximum absolute atomic E-state index is 14.0. The molecule has 0 saturated heterocycles. The lowest BCUT2D eigenvalue weighted by Crippen LogP contribution is -2.38. The minimum atomic E-state index is -0.806. The van der Waals surface area contributed by atoms with Crippen molar-refractivity contribution < 1.29 is 4.39 Å². The van der Waals surface area contributed by atoms with Crippen molar-refractivity contribution in [3.8, 4) is 22.4 Å². The quantitative estimate of drug-likeness (QED) is 0.193. The summed E-state index contributed by atoms with van der Waals surface area (Å²) >= 11 is 6.70. The second-order valence-corrected chi connectivity index (χ2v) is 10.3. The number of hydrogen-bond acceptors (Lipinski definition) is 2. The molecule has 0 fully saturated rings. The summed E-state index contributed by atoms with van der Waals surface area (Å²) in [6.45, 7) is 0. The van der Waals surface area contributed by atoms with E-state index in [1.54, 1.807) is 18.3 Å². The molecule has 41 heavy (non-hydrogen) atoms. The first-order chi connectivity index (χ1) is 20.1. The summed E-state index contributed by atoms with van der Waals surface area (Å²) < 4.78 is 18.0. The van der Waals surface area contributed by atoms with Crippen molar-refractivity contribution in [2.75, 3.05) is 0 Å². The summed E-state index contributed by atoms with van der Waals surface area (Å²) in [5, 5.41) is 5.84. The van der Waals surface area contributed by atoms with E-state index in [1.165, 1.54) is 12.1 Å². The largest absolute Gasteiger partial charge is 0.305 e. The number of halogens is 2. The van der Waals surface area contributed by atoms with Crippen LogP contribution >= 0.6 is 11.6 Å². The van der Waals surface area contributed by atoms with E-state index in [2.05, 4.69) is 47.6 Å². The van der Waals surface area contributed by atoms with Crippen LogP contribution < -0.4 is 0 Å². The lowest BCUT2D eigenvalue weighted by Gasteiger charge is -2.36. The van der Waals surface area contributed by atoms with Crippen molar-refractivity contribution in [3.63, 3.8) is 0 Å². The van der Waals surface area contributed by atoms with E-state index in [0.29, 0.717) is 16.4 Å². The normalized spacial score (nSPS) is 11.7. The maximum Gasteiger partial charge on any atom is 0.155 e. The third kappa shape index (κ3) is 4.22. The summed E-state index contributed by atoms with van der Waals surface area (Å²) in [6.07, 6.45) is 7.66. The topological polar surface area (TPSA) is 35.1 Å². The molecule has 0 aliphatic heterocycles. The van der Waals surface area contributed by atoms with Gasteiger partial charge in [0.25, 0.3) is 0 Å². The van der Waals surface area contributed by atoms with Crippen LogP contribution in [0.3, 0.4) is 0 Å². The van der Waals surface area contributed by atoms with Crippen LogP contribution in [0.15, 0.2) is 146 Å². The number of hydrogen-bond donors (Lipinski definition) is 0. The molecule has 0 aliphatic rings. The van der Waals surface area contributed by atoms with Crippen LogP contribution in [-0.4, -0.2) is 19.2 Å². The maximum atomic E-state index is 14.0. The van der Waals surface area contributed by atoms with Gasteiger partial charge in [-0.2, -0.15) is 5.10 Å². The number of pyridine rings is 1. The first-order valence-electron chi connectivity index (χ1n) is 13.3. The molecule has 6 heteroatoms. The molecule has 4 nitrogen and oxygen atoms in total. The van der Waals surface area contributed by atoms with Gasteiger partial charge in [0.2, 0.25) is 0 Å². The molecule has 0 unspecified atom stereocenters. The Balaban J connectivity index is 1.59. The molecule has 198 valence electrons. The van der Waals surface area contributed by atoms with Crippen LogP contribution in [0, 0.1) is 5.82 Å². The van der Waals surface area contributed by atoms with Crippen molar-refractivity contribution >= 4 is 17.2 Å². The Hall–Kier alpha value is -5.00. The van der Waals surface area contributed by atoms with Gasteiger partial charge in [0.05, 0.1) is 5.02 Å². The molecule has 0 spiro atoms. The Kier molecular flexibility index (Phi) is 6.22. The molecule has 3 aromatic heterocycles. The van der Waals surface area contributed by atoms with Crippen LogP contribution in [0.2, 0.25) is 5.02 Å². The number of rotatable bonds is 6. The summed E-state index contributed by atoms with van der Waals surface area (Å²) in [7, 11) is 0. The van der Waals surface area contributed by atoms with Gasteiger partial charge in [-0.05, 0) is 47.0 Å². The van der Waals surface area contributed by atoms with Crippen molar-refractivity contribution in [2.24, 2.45) is 0 Å². The van der Waals surface area contributed by atoms with Crippen LogP contribution in [0.25, 0.3) is 28.0 Å². The molecule has 0 saturated carbocycles. The SMILES string of the molecule is Fc1ccc(-c2nn(C(c3ccccc3)(c3ccccc3)c3ccccc3)cc2-c2cc(Cl)c3nccn3c2)cc1. The lowest BCUT2D eigenvalue weighted by molar-refractivity contribution is 0.461. The van der Waals surface area contributed by atoms with Crippen molar-refractivity contribution in [1.29, 1.82) is 0 Å². The first-order valence-corrected chi connectivity index (χ1v) is 13.7. The number of aromatic nitrogens is 4. The highest BCUT2D eigenvalue weighted by Crippen LogP contribution is 2.43. The van der Waals surface area contributed by atoms with Crippen molar-refractivity contribution in [3.05, 3.63) is 174 Å². The van der Waals surface area contributed by atoms with Gasteiger partial charge in [-0.15, -0.1) is 0 Å². The molecule has 7 rings (SSSR count). The lowest BCUT2D eigenvalue weighted by atomic mass is 9.77. The zero-order valence-electron chi connectivity index (χ0n) is 21.9. The van der Waals surface area contributed by atoms with E-state index in [0.717, 1.165) is 33.4 Å². The van der Waals surface area contributed by atoms with E-state index in [-0.39, 0.29) is 5.82 Å². The summed E-state index contributed by atoms with van der Waals surface area (Å²) in [5.74, 6) is -0.301. The van der Waals surface area contributed by atoms with Gasteiger partial charge >= 0.3 is 0 Å². The zero-order chi connectivity index (χ0) is 27.8. The fraction of sp³-hybridized carbons (Fsp3) is 0.0286. The number of nitrogens with zero attached hydrogens (tertiary/aromatic N) is 4. The van der Waals surface area contributed by atoms with Crippen LogP contribution in [0.5, 0.6) is 0 Å². The number of fused-ring (bicyclic) bond motifs is 1. The molecule has 0 aliphatic carbocycles. The second-order valence-electron chi connectivity index (χ2n) is 9.89. The summed E-state index contributed by atoms with van der Waals surface area (Å²) in [6, 6.07) is 39.5. The first kappa shape index (κ1) is 25.0. The number of benzene rings is 4. The molecular weight excluding hydrogens is 531 g/mol. The predicted molar refractivity (Wildman–Crippen MR) is 161 cm³/mol. The molecule has 0 bridgehead atoms. The smallest absolute Gasteiger partial charge is 0.155 e. The van der Waals surface area contributed by atoms with Gasteiger partial charge in [-0.3, -0.25) is 4.68 Å². The standard InChI is InChI=1S/C35H24ClFN4/c36-32-22-26(23-40-21-20-38-34(32)40)31-24-41(39-33(31)25-16-18-30(37)19-17-25)35(27-10-4-1-5-11-27,28-12-6-2-7-13-28)29-14-8-3-9-15-29/h1-24H. The molecular formula is C35H24ClFN4. The molecule has 0 radical (unpaired) electrons. The van der Waals surface area contributed by atoms with Crippen molar-refractivity contribution in [1.82, 2.24) is 19.2 Å². The van der Waals surface area contributed by atoms with Crippen molar-refractivity contribution in [2.45, 2.75) is 5.54 Å². The van der Waals surface area contributed by atoms with E-state index in [9.17, 15) is 4.39 Å². The Morgan fingerprint density at radius 3 is 1.78 bits per heavy atom. The third-order valence-corrected chi connectivity index (χ3v) is 7.78. The predicted octanol–water partition coefficient (Wildman–Crippen LogP) is 8.50. The van der Waals surface area contributed by atoms with Crippen LogP contribution in [0.1, 0.15) is 16.7 Å². The zero-order valence-corrected chi connectivity index (χ0v) is 22.7. The monoisotopic (exact) mass is 554 g/mol.